The molecule has 0 radical (unpaired) electrons. The highest BCUT2D eigenvalue weighted by Gasteiger charge is 2.10. The lowest BCUT2D eigenvalue weighted by molar-refractivity contribution is 0.654. The largest absolute Gasteiger partial charge is 0.392 e. The van der Waals surface area contributed by atoms with Crippen LogP contribution < -0.4 is 5.73 Å². The molecule has 1 fully saturated rings. The van der Waals surface area contributed by atoms with Gasteiger partial charge >= 0.3 is 0 Å². The van der Waals surface area contributed by atoms with E-state index in [9.17, 15) is 0 Å². The summed E-state index contributed by atoms with van der Waals surface area (Å²) >= 11 is 0. The fraction of sp³-hybridized carbons (Fsp3) is 0.286. The zero-order valence-electron chi connectivity index (χ0n) is 9.01. The van der Waals surface area contributed by atoms with Crippen molar-refractivity contribution in [2.75, 3.05) is 0 Å². The summed E-state index contributed by atoms with van der Waals surface area (Å²) < 4.78 is 0. The highest BCUT2D eigenvalue weighted by atomic mass is 14.6. The number of benzene rings is 1. The van der Waals surface area contributed by atoms with E-state index in [1.165, 1.54) is 17.6 Å². The van der Waals surface area contributed by atoms with Gasteiger partial charge in [-0.05, 0) is 49.8 Å². The summed E-state index contributed by atoms with van der Waals surface area (Å²) in [6.45, 7) is 2.07. The summed E-state index contributed by atoms with van der Waals surface area (Å²) in [4.78, 5) is 0. The van der Waals surface area contributed by atoms with Gasteiger partial charge in [0.15, 0.2) is 0 Å². The summed E-state index contributed by atoms with van der Waals surface area (Å²) in [5.74, 6) is 6.12. The number of rotatable bonds is 0. The molecule has 15 heavy (non-hydrogen) atoms. The first-order valence-electron chi connectivity index (χ1n) is 5.32. The zero-order valence-corrected chi connectivity index (χ0v) is 9.01. The predicted molar refractivity (Wildman–Crippen MR) is 63.1 cm³/mol. The lowest BCUT2D eigenvalue weighted by Gasteiger charge is -2.16. The van der Waals surface area contributed by atoms with Gasteiger partial charge in [0, 0.05) is 5.56 Å². The first-order valence-corrected chi connectivity index (χ1v) is 5.32. The third kappa shape index (κ3) is 2.41. The van der Waals surface area contributed by atoms with Crippen molar-refractivity contribution >= 4 is 0 Å². The first kappa shape index (κ1) is 9.86. The Labute approximate surface area is 91.0 Å². The summed E-state index contributed by atoms with van der Waals surface area (Å²) in [5, 5.41) is 0. The lowest BCUT2D eigenvalue weighted by atomic mass is 9.91. The third-order valence-electron chi connectivity index (χ3n) is 2.73. The Morgan fingerprint density at radius 1 is 1.20 bits per heavy atom. The van der Waals surface area contributed by atoms with Crippen molar-refractivity contribution in [2.24, 2.45) is 5.73 Å². The summed E-state index contributed by atoms with van der Waals surface area (Å²) in [6.07, 6.45) is 3.53. The van der Waals surface area contributed by atoms with Crippen LogP contribution in [0.25, 0.3) is 0 Å². The molecule has 1 nitrogen and oxygen atoms in total. The van der Waals surface area contributed by atoms with E-state index in [2.05, 4.69) is 30.9 Å². The molecule has 0 aliphatic heterocycles. The Balaban J connectivity index is 2.14. The van der Waals surface area contributed by atoms with Crippen molar-refractivity contribution in [1.82, 2.24) is 0 Å². The maximum Gasteiger partial charge on any atom is 0.0822 e. The van der Waals surface area contributed by atoms with Gasteiger partial charge in [-0.1, -0.05) is 23.6 Å². The van der Waals surface area contributed by atoms with E-state index in [0.29, 0.717) is 0 Å². The number of hydrogen-bond acceptors (Lipinski definition) is 1. The first-order chi connectivity index (χ1) is 7.25. The Hall–Kier alpha value is -1.68. The second kappa shape index (κ2) is 4.23. The zero-order chi connectivity index (χ0) is 10.7. The summed E-state index contributed by atoms with van der Waals surface area (Å²) in [5.41, 5.74) is 10.3. The maximum atomic E-state index is 5.86. The van der Waals surface area contributed by atoms with Crippen molar-refractivity contribution in [3.8, 4) is 11.8 Å². The molecule has 2 rings (SSSR count). The molecule has 0 bridgehead atoms. The highest BCUT2D eigenvalue weighted by Crippen LogP contribution is 2.26. The van der Waals surface area contributed by atoms with E-state index in [-0.39, 0.29) is 0 Å². The van der Waals surface area contributed by atoms with Crippen LogP contribution in [0.2, 0.25) is 0 Å². The second-order valence-corrected chi connectivity index (χ2v) is 3.99. The van der Waals surface area contributed by atoms with Gasteiger partial charge in [0.2, 0.25) is 0 Å². The Kier molecular flexibility index (Phi) is 2.78. The van der Waals surface area contributed by atoms with Crippen LogP contribution in [0.15, 0.2) is 35.5 Å². The summed E-state index contributed by atoms with van der Waals surface area (Å²) in [7, 11) is 0. The normalized spacial score (nSPS) is 13.8. The minimum Gasteiger partial charge on any atom is -0.392 e. The van der Waals surface area contributed by atoms with E-state index in [0.717, 1.165) is 24.1 Å². The smallest absolute Gasteiger partial charge is 0.0822 e. The highest BCUT2D eigenvalue weighted by molar-refractivity contribution is 5.42. The second-order valence-electron chi connectivity index (χ2n) is 3.99. The van der Waals surface area contributed by atoms with E-state index in [1.54, 1.807) is 0 Å². The van der Waals surface area contributed by atoms with Crippen molar-refractivity contribution in [2.45, 2.75) is 26.2 Å². The van der Waals surface area contributed by atoms with Crippen LogP contribution in [0.3, 0.4) is 0 Å². The van der Waals surface area contributed by atoms with Crippen LogP contribution in [0.1, 0.15) is 30.4 Å². The number of hydrogen-bond donors (Lipinski definition) is 1. The van der Waals surface area contributed by atoms with Gasteiger partial charge in [-0.15, -0.1) is 0 Å². The molecule has 1 heteroatoms. The average Bonchev–Trinajstić information content (AvgIpc) is 2.14. The van der Waals surface area contributed by atoms with E-state index in [1.807, 2.05) is 12.1 Å². The molecule has 76 valence electrons. The Morgan fingerprint density at radius 3 is 2.40 bits per heavy atom. The number of aryl methyl sites for hydroxylation is 1. The van der Waals surface area contributed by atoms with Crippen LogP contribution >= 0.6 is 0 Å². The number of allylic oxidation sites excluding steroid dienone is 2. The van der Waals surface area contributed by atoms with Crippen LogP contribution in [0.4, 0.5) is 0 Å². The van der Waals surface area contributed by atoms with Gasteiger partial charge < -0.3 is 5.73 Å². The average molecular weight is 197 g/mol. The molecule has 2 N–H and O–H groups in total. The minimum absolute atomic E-state index is 0.779. The van der Waals surface area contributed by atoms with Gasteiger partial charge in [-0.3, -0.25) is 0 Å². The maximum absolute atomic E-state index is 5.86. The molecule has 1 aliphatic rings. The van der Waals surface area contributed by atoms with Crippen molar-refractivity contribution < 1.29 is 0 Å². The van der Waals surface area contributed by atoms with E-state index in [4.69, 9.17) is 5.73 Å². The standard InChI is InChI=1S/C14H15N/c1-11-5-7-12(8-6-11)9-10-14(15)13-3-2-4-13/h5-8H,2-4,15H2,1H3. The number of nitrogens with two attached hydrogens (primary N) is 1. The Bertz CT molecular complexity index is 434. The van der Waals surface area contributed by atoms with Gasteiger partial charge in [0.1, 0.15) is 0 Å². The van der Waals surface area contributed by atoms with E-state index < -0.39 is 0 Å². The molecule has 1 aromatic rings. The fourth-order valence-electron chi connectivity index (χ4n) is 1.49. The molecular formula is C14H15N. The molecule has 0 aromatic heterocycles. The minimum atomic E-state index is 0.779. The van der Waals surface area contributed by atoms with Gasteiger partial charge in [-0.25, -0.2) is 0 Å². The predicted octanol–water partition coefficient (Wildman–Crippen LogP) is 2.74. The molecule has 0 heterocycles. The molecule has 1 aromatic carbocycles. The van der Waals surface area contributed by atoms with Crippen molar-refractivity contribution in [1.29, 1.82) is 0 Å². The third-order valence-corrected chi connectivity index (χ3v) is 2.73. The molecule has 0 unspecified atom stereocenters. The van der Waals surface area contributed by atoms with Crippen LogP contribution in [0.5, 0.6) is 0 Å². The monoisotopic (exact) mass is 197 g/mol. The van der Waals surface area contributed by atoms with Gasteiger partial charge in [0.05, 0.1) is 5.70 Å². The van der Waals surface area contributed by atoms with Crippen molar-refractivity contribution in [3.63, 3.8) is 0 Å². The molecule has 1 saturated carbocycles. The van der Waals surface area contributed by atoms with Gasteiger partial charge in [-0.2, -0.15) is 0 Å². The lowest BCUT2D eigenvalue weighted by Crippen LogP contribution is -2.07. The molecule has 0 amide bonds. The fourth-order valence-corrected chi connectivity index (χ4v) is 1.49. The Morgan fingerprint density at radius 2 is 1.87 bits per heavy atom. The quantitative estimate of drug-likeness (QED) is 0.636. The topological polar surface area (TPSA) is 26.0 Å². The molecular weight excluding hydrogens is 182 g/mol. The van der Waals surface area contributed by atoms with Crippen molar-refractivity contribution in [3.05, 3.63) is 46.7 Å². The van der Waals surface area contributed by atoms with Crippen LogP contribution in [-0.4, -0.2) is 0 Å². The van der Waals surface area contributed by atoms with Gasteiger partial charge in [0.25, 0.3) is 0 Å². The summed E-state index contributed by atoms with van der Waals surface area (Å²) in [6, 6.07) is 8.19. The van der Waals surface area contributed by atoms with Crippen LogP contribution in [-0.2, 0) is 0 Å². The molecule has 0 spiro atoms. The van der Waals surface area contributed by atoms with Crippen LogP contribution in [0, 0.1) is 18.8 Å². The molecule has 0 saturated heterocycles. The molecule has 1 aliphatic carbocycles. The van der Waals surface area contributed by atoms with E-state index >= 15 is 0 Å². The molecule has 0 atom stereocenters. The SMILES string of the molecule is Cc1ccc(C#CC(N)=C2CCC2)cc1.